The van der Waals surface area contributed by atoms with E-state index in [1.54, 1.807) is 6.20 Å². The number of fused-ring (bicyclic) bond motifs is 2. The van der Waals surface area contributed by atoms with Crippen molar-refractivity contribution in [1.29, 1.82) is 0 Å². The molecule has 0 radical (unpaired) electrons. The number of pyridine rings is 1. The van der Waals surface area contributed by atoms with Gasteiger partial charge in [-0.15, -0.1) is 0 Å². The summed E-state index contributed by atoms with van der Waals surface area (Å²) in [7, 11) is 0. The number of hydrogen-bond donors (Lipinski definition) is 1. The Hall–Kier alpha value is -0.800. The fraction of sp³-hybridized carbons (Fsp3) is 0.500. The lowest BCUT2D eigenvalue weighted by Crippen LogP contribution is -2.67. The van der Waals surface area contributed by atoms with Crippen molar-refractivity contribution < 1.29 is 0 Å². The fourth-order valence-electron chi connectivity index (χ4n) is 2.30. The molecular weight excluding hydrogens is 198 g/mol. The van der Waals surface area contributed by atoms with Gasteiger partial charge in [0, 0.05) is 31.4 Å². The molecule has 1 aromatic rings. The molecule has 1 N–H and O–H groups in total. The number of nitrogens with zero attached hydrogens (tertiary/aromatic N) is 2. The Balaban J connectivity index is 1.82. The second kappa shape index (κ2) is 3.11. The topological polar surface area (TPSA) is 28.2 Å². The van der Waals surface area contributed by atoms with Crippen molar-refractivity contribution >= 4 is 17.3 Å². The molecule has 3 aliphatic heterocycles. The van der Waals surface area contributed by atoms with Crippen LogP contribution in [0.15, 0.2) is 18.5 Å². The van der Waals surface area contributed by atoms with Gasteiger partial charge in [-0.25, -0.2) is 0 Å². The molecule has 14 heavy (non-hydrogen) atoms. The van der Waals surface area contributed by atoms with Gasteiger partial charge in [-0.05, 0) is 12.5 Å². The molecule has 3 saturated heterocycles. The van der Waals surface area contributed by atoms with E-state index in [1.165, 1.54) is 6.42 Å². The van der Waals surface area contributed by atoms with E-state index >= 15 is 0 Å². The zero-order valence-corrected chi connectivity index (χ0v) is 8.54. The van der Waals surface area contributed by atoms with Gasteiger partial charge in [0.25, 0.3) is 0 Å². The Morgan fingerprint density at radius 3 is 2.71 bits per heavy atom. The Morgan fingerprint density at radius 2 is 2.07 bits per heavy atom. The molecule has 0 amide bonds. The number of anilines is 1. The Bertz CT molecular complexity index is 339. The predicted octanol–water partition coefficient (Wildman–Crippen LogP) is 1.29. The van der Waals surface area contributed by atoms with Crippen LogP contribution < -0.4 is 10.2 Å². The normalized spacial score (nSPS) is 29.9. The lowest BCUT2D eigenvalue weighted by atomic mass is 9.91. The molecular formula is C10H12ClN3. The fourth-order valence-corrected chi connectivity index (χ4v) is 2.47. The molecule has 0 aromatic carbocycles. The molecule has 1 aromatic heterocycles. The number of aromatic nitrogens is 1. The molecule has 0 unspecified atom stereocenters. The third kappa shape index (κ3) is 1.37. The summed E-state index contributed by atoms with van der Waals surface area (Å²) in [4.78, 5) is 6.46. The van der Waals surface area contributed by atoms with Gasteiger partial charge < -0.3 is 10.2 Å². The molecule has 4 rings (SSSR count). The SMILES string of the molecule is Clc1cncc(N2C[C@H]3C[C@@H](C2)N3)c1. The molecule has 0 aliphatic carbocycles. The quantitative estimate of drug-likeness (QED) is 0.756. The summed E-state index contributed by atoms with van der Waals surface area (Å²) in [6.07, 6.45) is 4.88. The standard InChI is InChI=1S/C10H12ClN3/c11-7-1-10(4-12-3-7)14-5-8-2-9(6-14)13-8/h1,3-4,8-9,13H,2,5-6H2/t8-,9+. The smallest absolute Gasteiger partial charge is 0.0609 e. The van der Waals surface area contributed by atoms with Gasteiger partial charge in [0.1, 0.15) is 0 Å². The molecule has 2 atom stereocenters. The first-order chi connectivity index (χ1) is 6.81. The van der Waals surface area contributed by atoms with Crippen LogP contribution in [0.1, 0.15) is 6.42 Å². The van der Waals surface area contributed by atoms with Crippen LogP contribution in [0.5, 0.6) is 0 Å². The second-order valence-corrected chi connectivity index (χ2v) is 4.50. The number of hydrogen-bond acceptors (Lipinski definition) is 3. The van der Waals surface area contributed by atoms with Crippen LogP contribution in [0.2, 0.25) is 5.02 Å². The summed E-state index contributed by atoms with van der Waals surface area (Å²) in [5, 5.41) is 4.22. The Kier molecular flexibility index (Phi) is 1.89. The summed E-state index contributed by atoms with van der Waals surface area (Å²) >= 11 is 5.91. The average molecular weight is 210 g/mol. The first-order valence-corrected chi connectivity index (χ1v) is 5.30. The minimum Gasteiger partial charge on any atom is -0.367 e. The van der Waals surface area contributed by atoms with E-state index in [0.29, 0.717) is 12.1 Å². The van der Waals surface area contributed by atoms with Crippen molar-refractivity contribution in [1.82, 2.24) is 10.3 Å². The number of piperazine rings is 1. The van der Waals surface area contributed by atoms with Crippen LogP contribution in [-0.2, 0) is 0 Å². The monoisotopic (exact) mass is 209 g/mol. The van der Waals surface area contributed by atoms with E-state index in [0.717, 1.165) is 23.8 Å². The van der Waals surface area contributed by atoms with Gasteiger partial charge >= 0.3 is 0 Å². The summed E-state index contributed by atoms with van der Waals surface area (Å²) in [6, 6.07) is 3.33. The first kappa shape index (κ1) is 8.50. The van der Waals surface area contributed by atoms with Crippen LogP contribution in [-0.4, -0.2) is 30.2 Å². The summed E-state index contributed by atoms with van der Waals surface area (Å²) < 4.78 is 0. The highest BCUT2D eigenvalue weighted by molar-refractivity contribution is 6.30. The van der Waals surface area contributed by atoms with Crippen LogP contribution in [0, 0.1) is 0 Å². The first-order valence-electron chi connectivity index (χ1n) is 4.93. The Morgan fingerprint density at radius 1 is 1.36 bits per heavy atom. The van der Waals surface area contributed by atoms with E-state index in [1.807, 2.05) is 12.3 Å². The molecule has 3 aliphatic rings. The van der Waals surface area contributed by atoms with Crippen molar-refractivity contribution in [3.8, 4) is 0 Å². The van der Waals surface area contributed by atoms with E-state index in [-0.39, 0.29) is 0 Å². The molecule has 74 valence electrons. The van der Waals surface area contributed by atoms with Gasteiger partial charge in [-0.3, -0.25) is 4.98 Å². The van der Waals surface area contributed by atoms with Crippen LogP contribution >= 0.6 is 11.6 Å². The maximum atomic E-state index is 5.91. The largest absolute Gasteiger partial charge is 0.367 e. The van der Waals surface area contributed by atoms with E-state index in [9.17, 15) is 0 Å². The highest BCUT2D eigenvalue weighted by Crippen LogP contribution is 2.26. The van der Waals surface area contributed by atoms with E-state index in [2.05, 4.69) is 15.2 Å². The lowest BCUT2D eigenvalue weighted by Gasteiger charge is -2.49. The molecule has 4 heterocycles. The van der Waals surface area contributed by atoms with Gasteiger partial charge in [-0.2, -0.15) is 0 Å². The maximum Gasteiger partial charge on any atom is 0.0609 e. The van der Waals surface area contributed by atoms with Gasteiger partial charge in [0.05, 0.1) is 16.9 Å². The van der Waals surface area contributed by atoms with E-state index < -0.39 is 0 Å². The third-order valence-electron chi connectivity index (χ3n) is 2.98. The summed E-state index contributed by atoms with van der Waals surface area (Å²) in [6.45, 7) is 2.16. The number of rotatable bonds is 1. The number of nitrogens with one attached hydrogen (secondary N) is 1. The molecule has 2 bridgehead atoms. The zero-order chi connectivity index (χ0) is 9.54. The number of halogens is 1. The molecule has 0 spiro atoms. The van der Waals surface area contributed by atoms with Gasteiger partial charge in [0.15, 0.2) is 0 Å². The minimum atomic E-state index is 0.674. The van der Waals surface area contributed by atoms with Crippen molar-refractivity contribution in [2.45, 2.75) is 18.5 Å². The van der Waals surface area contributed by atoms with Gasteiger partial charge in [0.2, 0.25) is 0 Å². The van der Waals surface area contributed by atoms with E-state index in [4.69, 9.17) is 11.6 Å². The average Bonchev–Trinajstić information content (AvgIpc) is 2.17. The summed E-state index contributed by atoms with van der Waals surface area (Å²) in [5.41, 5.74) is 1.15. The van der Waals surface area contributed by atoms with Crippen molar-refractivity contribution in [3.05, 3.63) is 23.5 Å². The number of piperidine rings is 1. The molecule has 3 fully saturated rings. The van der Waals surface area contributed by atoms with Crippen LogP contribution in [0.4, 0.5) is 5.69 Å². The highest BCUT2D eigenvalue weighted by atomic mass is 35.5. The maximum absolute atomic E-state index is 5.91. The van der Waals surface area contributed by atoms with Crippen molar-refractivity contribution in [3.63, 3.8) is 0 Å². The zero-order valence-electron chi connectivity index (χ0n) is 7.78. The summed E-state index contributed by atoms with van der Waals surface area (Å²) in [5.74, 6) is 0. The molecule has 4 heteroatoms. The molecule has 0 saturated carbocycles. The highest BCUT2D eigenvalue weighted by Gasteiger charge is 2.36. The third-order valence-corrected chi connectivity index (χ3v) is 3.18. The second-order valence-electron chi connectivity index (χ2n) is 4.06. The van der Waals surface area contributed by atoms with Crippen molar-refractivity contribution in [2.75, 3.05) is 18.0 Å². The van der Waals surface area contributed by atoms with Crippen LogP contribution in [0.25, 0.3) is 0 Å². The van der Waals surface area contributed by atoms with Crippen LogP contribution in [0.3, 0.4) is 0 Å². The van der Waals surface area contributed by atoms with Gasteiger partial charge in [-0.1, -0.05) is 11.6 Å². The molecule has 3 nitrogen and oxygen atoms in total. The minimum absolute atomic E-state index is 0.674. The predicted molar refractivity (Wildman–Crippen MR) is 56.8 cm³/mol. The Labute approximate surface area is 88.1 Å². The van der Waals surface area contributed by atoms with Crippen molar-refractivity contribution in [2.24, 2.45) is 0 Å². The lowest BCUT2D eigenvalue weighted by molar-refractivity contribution is 0.226.